The van der Waals surface area contributed by atoms with Crippen molar-refractivity contribution in [1.82, 2.24) is 14.3 Å². The lowest BCUT2D eigenvalue weighted by Crippen LogP contribution is -2.54. The number of fused-ring (bicyclic) bond motifs is 1. The summed E-state index contributed by atoms with van der Waals surface area (Å²) >= 11 is 1.67. The van der Waals surface area contributed by atoms with Gasteiger partial charge in [-0.1, -0.05) is 30.3 Å². The van der Waals surface area contributed by atoms with E-state index in [0.717, 1.165) is 65.4 Å². The largest absolute Gasteiger partial charge is 0.467 e. The van der Waals surface area contributed by atoms with E-state index in [9.17, 15) is 4.79 Å². The van der Waals surface area contributed by atoms with Gasteiger partial charge in [0.2, 0.25) is 5.91 Å². The molecule has 6 heteroatoms. The Kier molecular flexibility index (Phi) is 5.12. The fourth-order valence-corrected chi connectivity index (χ4v) is 8.47. The van der Waals surface area contributed by atoms with Gasteiger partial charge in [-0.15, -0.1) is 11.3 Å². The summed E-state index contributed by atoms with van der Waals surface area (Å²) in [5, 5.41) is 2.19. The van der Waals surface area contributed by atoms with Crippen LogP contribution in [0.25, 0.3) is 16.2 Å². The quantitative estimate of drug-likeness (QED) is 0.302. The molecule has 0 radical (unpaired) electrons. The van der Waals surface area contributed by atoms with E-state index in [0.29, 0.717) is 19.0 Å². The molecule has 35 heavy (non-hydrogen) atoms. The van der Waals surface area contributed by atoms with Crippen LogP contribution in [0.4, 0.5) is 0 Å². The van der Waals surface area contributed by atoms with E-state index in [-0.39, 0.29) is 5.41 Å². The van der Waals surface area contributed by atoms with Crippen LogP contribution < -0.4 is 0 Å². The zero-order valence-corrected chi connectivity index (χ0v) is 20.8. The van der Waals surface area contributed by atoms with E-state index < -0.39 is 0 Å². The molecular formula is C29H31N3O2S. The fourth-order valence-electron chi connectivity index (χ4n) is 7.56. The molecule has 4 fully saturated rings. The summed E-state index contributed by atoms with van der Waals surface area (Å²) in [6.07, 6.45) is 12.0. The summed E-state index contributed by atoms with van der Waals surface area (Å²) in [7, 11) is 0. The van der Waals surface area contributed by atoms with E-state index in [1.165, 1.54) is 25.0 Å². The van der Waals surface area contributed by atoms with Gasteiger partial charge in [-0.3, -0.25) is 9.20 Å². The lowest BCUT2D eigenvalue weighted by Gasteiger charge is -2.56. The number of benzene rings is 1. The summed E-state index contributed by atoms with van der Waals surface area (Å²) in [5.74, 6) is 3.51. The van der Waals surface area contributed by atoms with Crippen LogP contribution in [0.15, 0.2) is 64.7 Å². The number of hydrogen-bond donors (Lipinski definition) is 0. The topological polar surface area (TPSA) is 50.8 Å². The van der Waals surface area contributed by atoms with Crippen LogP contribution in [0.5, 0.6) is 0 Å². The molecule has 4 aromatic rings. The van der Waals surface area contributed by atoms with Crippen molar-refractivity contribution in [3.8, 4) is 11.3 Å². The van der Waals surface area contributed by atoms with Crippen LogP contribution in [-0.4, -0.2) is 26.7 Å². The second-order valence-electron chi connectivity index (χ2n) is 11.1. The number of carbonyl (C=O) groups excluding carboxylic acids is 1. The molecule has 0 unspecified atom stereocenters. The summed E-state index contributed by atoms with van der Waals surface area (Å²) in [4.78, 5) is 22.1. The lowest BCUT2D eigenvalue weighted by molar-refractivity contribution is -0.158. The number of nitrogens with zero attached hydrogens (tertiary/aromatic N) is 3. The predicted octanol–water partition coefficient (Wildman–Crippen LogP) is 6.44. The molecule has 3 aromatic heterocycles. The Balaban J connectivity index is 1.14. The van der Waals surface area contributed by atoms with Crippen LogP contribution in [0.2, 0.25) is 0 Å². The van der Waals surface area contributed by atoms with Crippen LogP contribution in [0.1, 0.15) is 50.0 Å². The zero-order chi connectivity index (χ0) is 23.4. The molecule has 4 aliphatic carbocycles. The average molecular weight is 486 g/mol. The van der Waals surface area contributed by atoms with Crippen LogP contribution >= 0.6 is 11.3 Å². The van der Waals surface area contributed by atoms with Gasteiger partial charge in [-0.05, 0) is 68.4 Å². The van der Waals surface area contributed by atoms with E-state index in [1.807, 2.05) is 30.3 Å². The number of thiazole rings is 1. The van der Waals surface area contributed by atoms with Crippen LogP contribution in [0, 0.1) is 23.2 Å². The minimum atomic E-state index is -0.138. The normalized spacial score (nSPS) is 27.0. The molecule has 0 atom stereocenters. The molecule has 0 saturated heterocycles. The third-order valence-corrected chi connectivity index (χ3v) is 9.59. The Labute approximate surface area is 209 Å². The summed E-state index contributed by atoms with van der Waals surface area (Å²) in [6.45, 7) is 1.26. The second kappa shape index (κ2) is 8.37. The van der Waals surface area contributed by atoms with Crippen molar-refractivity contribution < 1.29 is 9.21 Å². The minimum absolute atomic E-state index is 0.138. The smallest absolute Gasteiger partial charge is 0.229 e. The van der Waals surface area contributed by atoms with Crippen LogP contribution in [-0.2, 0) is 17.8 Å². The van der Waals surface area contributed by atoms with Gasteiger partial charge in [0.1, 0.15) is 5.76 Å². The van der Waals surface area contributed by atoms with E-state index in [2.05, 4.69) is 33.0 Å². The second-order valence-corrected chi connectivity index (χ2v) is 12.0. The van der Waals surface area contributed by atoms with Gasteiger partial charge >= 0.3 is 0 Å². The molecule has 3 heterocycles. The van der Waals surface area contributed by atoms with Crippen molar-refractivity contribution >= 4 is 22.2 Å². The zero-order valence-electron chi connectivity index (χ0n) is 19.9. The van der Waals surface area contributed by atoms with Gasteiger partial charge in [0.25, 0.3) is 0 Å². The van der Waals surface area contributed by atoms with E-state index in [4.69, 9.17) is 9.40 Å². The van der Waals surface area contributed by atoms with Crippen molar-refractivity contribution in [1.29, 1.82) is 0 Å². The minimum Gasteiger partial charge on any atom is -0.467 e. The Morgan fingerprint density at radius 3 is 2.49 bits per heavy atom. The number of imidazole rings is 1. The average Bonchev–Trinajstić information content (AvgIpc) is 3.59. The Hall–Kier alpha value is -2.86. The summed E-state index contributed by atoms with van der Waals surface area (Å²) in [6, 6.07) is 14.2. The SMILES string of the molecule is O=C(N(CCc1csc2nc(-c3ccccc3)cn12)Cc1ccco1)C12CC3CC(CC(C3)C1)C2. The molecule has 8 rings (SSSR count). The Morgan fingerprint density at radius 2 is 1.80 bits per heavy atom. The molecule has 4 bridgehead atoms. The summed E-state index contributed by atoms with van der Waals surface area (Å²) in [5.41, 5.74) is 3.20. The number of rotatable bonds is 7. The van der Waals surface area contributed by atoms with E-state index >= 15 is 0 Å². The third kappa shape index (κ3) is 3.83. The molecule has 0 N–H and O–H groups in total. The van der Waals surface area contributed by atoms with E-state index in [1.54, 1.807) is 17.6 Å². The number of furan rings is 1. The Morgan fingerprint density at radius 1 is 1.06 bits per heavy atom. The number of amides is 1. The first kappa shape index (κ1) is 21.4. The molecule has 0 aliphatic heterocycles. The highest BCUT2D eigenvalue weighted by atomic mass is 32.1. The van der Waals surface area contributed by atoms with Crippen LogP contribution in [0.3, 0.4) is 0 Å². The maximum atomic E-state index is 14.2. The molecule has 180 valence electrons. The van der Waals surface area contributed by atoms with Crippen molar-refractivity contribution in [2.75, 3.05) is 6.54 Å². The van der Waals surface area contributed by atoms with Crippen molar-refractivity contribution in [3.05, 3.63) is 71.8 Å². The molecule has 1 amide bonds. The molecule has 5 nitrogen and oxygen atoms in total. The van der Waals surface area contributed by atoms with Gasteiger partial charge in [0.15, 0.2) is 4.96 Å². The first-order valence-electron chi connectivity index (χ1n) is 13.0. The highest BCUT2D eigenvalue weighted by Gasteiger charge is 2.55. The molecule has 1 aromatic carbocycles. The standard InChI is InChI=1S/C29H31N3O2S/c33-27(29-14-20-11-21(15-29)13-22(12-20)16-29)31(17-25-7-4-10-34-25)9-8-24-19-35-28-30-26(18-32(24)28)23-5-2-1-3-6-23/h1-7,10,18-22H,8-9,11-17H2. The third-order valence-electron chi connectivity index (χ3n) is 8.70. The first-order chi connectivity index (χ1) is 17.1. The van der Waals surface area contributed by atoms with Gasteiger partial charge in [-0.2, -0.15) is 0 Å². The van der Waals surface area contributed by atoms with Gasteiger partial charge in [-0.25, -0.2) is 4.98 Å². The number of carbonyl (C=O) groups is 1. The Bertz CT molecular complexity index is 1300. The molecule has 0 spiro atoms. The van der Waals surface area contributed by atoms with Gasteiger partial charge in [0, 0.05) is 35.8 Å². The summed E-state index contributed by atoms with van der Waals surface area (Å²) < 4.78 is 7.89. The molecule has 4 aliphatic rings. The first-order valence-corrected chi connectivity index (χ1v) is 13.9. The van der Waals surface area contributed by atoms with Gasteiger partial charge < -0.3 is 9.32 Å². The predicted molar refractivity (Wildman–Crippen MR) is 137 cm³/mol. The molecule has 4 saturated carbocycles. The maximum absolute atomic E-state index is 14.2. The maximum Gasteiger partial charge on any atom is 0.229 e. The monoisotopic (exact) mass is 485 g/mol. The van der Waals surface area contributed by atoms with Gasteiger partial charge in [0.05, 0.1) is 23.9 Å². The van der Waals surface area contributed by atoms with Crippen molar-refractivity contribution in [2.45, 2.75) is 51.5 Å². The fraction of sp³-hybridized carbons (Fsp3) is 0.448. The highest BCUT2D eigenvalue weighted by molar-refractivity contribution is 7.15. The number of hydrogen-bond acceptors (Lipinski definition) is 4. The van der Waals surface area contributed by atoms with Crippen molar-refractivity contribution in [2.24, 2.45) is 23.2 Å². The van der Waals surface area contributed by atoms with Crippen molar-refractivity contribution in [3.63, 3.8) is 0 Å². The molecular weight excluding hydrogens is 454 g/mol. The number of aromatic nitrogens is 2. The highest BCUT2D eigenvalue weighted by Crippen LogP contribution is 2.60. The lowest BCUT2D eigenvalue weighted by atomic mass is 9.49.